The fourth-order valence-electron chi connectivity index (χ4n) is 1.39. The lowest BCUT2D eigenvalue weighted by Gasteiger charge is -2.14. The molecule has 0 aliphatic rings. The molecule has 0 aliphatic heterocycles. The zero-order valence-electron chi connectivity index (χ0n) is 10.5. The molecule has 5 heteroatoms. The van der Waals surface area contributed by atoms with E-state index in [1.165, 1.54) is 20.5 Å². The minimum atomic E-state index is 0.319. The van der Waals surface area contributed by atoms with E-state index in [9.17, 15) is 4.79 Å². The molecule has 18 heavy (non-hydrogen) atoms. The molecule has 98 valence electrons. The molecule has 0 heterocycles. The molecule has 5 nitrogen and oxygen atoms in total. The zero-order chi connectivity index (χ0) is 13.4. The second-order valence-electron chi connectivity index (χ2n) is 3.26. The Bertz CT molecular complexity index is 389. The Balaban J connectivity index is 2.92. The van der Waals surface area contributed by atoms with Gasteiger partial charge in [0.1, 0.15) is 19.5 Å². The van der Waals surface area contributed by atoms with Crippen LogP contribution < -0.4 is 14.2 Å². The maximum atomic E-state index is 10.8. The summed E-state index contributed by atoms with van der Waals surface area (Å²) in [6, 6.07) is 3.17. The standard InChI is InChI=1S/C13H16O5/c1-4-17-5-6-18-13-11(15-2)7-10(9-14)8-12(13)16-3/h4,7-9H,1,5-6H2,2-3H3. The Hall–Kier alpha value is -2.17. The summed E-state index contributed by atoms with van der Waals surface area (Å²) in [6.45, 7) is 4.11. The van der Waals surface area contributed by atoms with Crippen LogP contribution in [-0.2, 0) is 4.74 Å². The number of carbonyl (C=O) groups excluding carboxylic acids is 1. The zero-order valence-corrected chi connectivity index (χ0v) is 10.5. The number of methoxy groups -OCH3 is 2. The van der Waals surface area contributed by atoms with Gasteiger partial charge in [-0.15, -0.1) is 0 Å². The highest BCUT2D eigenvalue weighted by Crippen LogP contribution is 2.38. The second kappa shape index (κ2) is 7.21. The quantitative estimate of drug-likeness (QED) is 0.402. The van der Waals surface area contributed by atoms with Crippen LogP contribution in [0, 0.1) is 0 Å². The molecule has 0 spiro atoms. The van der Waals surface area contributed by atoms with E-state index in [0.717, 1.165) is 6.29 Å². The van der Waals surface area contributed by atoms with E-state index < -0.39 is 0 Å². The normalized spacial score (nSPS) is 9.44. The van der Waals surface area contributed by atoms with Gasteiger partial charge < -0.3 is 18.9 Å². The molecule has 0 fully saturated rings. The maximum absolute atomic E-state index is 10.8. The smallest absolute Gasteiger partial charge is 0.203 e. The number of aldehydes is 1. The molecule has 1 aromatic rings. The molecule has 0 N–H and O–H groups in total. The van der Waals surface area contributed by atoms with Crippen LogP contribution in [0.4, 0.5) is 0 Å². The lowest BCUT2D eigenvalue weighted by molar-refractivity contribution is 0.112. The molecule has 0 saturated heterocycles. The molecule has 1 rings (SSSR count). The minimum Gasteiger partial charge on any atom is -0.498 e. The van der Waals surface area contributed by atoms with Crippen LogP contribution in [0.3, 0.4) is 0 Å². The second-order valence-corrected chi connectivity index (χ2v) is 3.26. The van der Waals surface area contributed by atoms with Crippen LogP contribution in [-0.4, -0.2) is 33.7 Å². The summed E-state index contributed by atoms with van der Waals surface area (Å²) in [5.41, 5.74) is 0.457. The molecular formula is C13H16O5. The lowest BCUT2D eigenvalue weighted by atomic mass is 10.2. The molecule has 0 amide bonds. The number of rotatable bonds is 8. The molecular weight excluding hydrogens is 236 g/mol. The van der Waals surface area contributed by atoms with Gasteiger partial charge in [0.15, 0.2) is 11.5 Å². The number of benzene rings is 1. The predicted octanol–water partition coefficient (Wildman–Crippen LogP) is 2.06. The van der Waals surface area contributed by atoms with Gasteiger partial charge in [0.2, 0.25) is 5.75 Å². The minimum absolute atomic E-state index is 0.319. The third kappa shape index (κ3) is 3.41. The van der Waals surface area contributed by atoms with Crippen molar-refractivity contribution >= 4 is 6.29 Å². The van der Waals surface area contributed by atoms with Gasteiger partial charge in [0, 0.05) is 5.56 Å². The monoisotopic (exact) mass is 252 g/mol. The summed E-state index contributed by atoms with van der Waals surface area (Å²) in [5, 5.41) is 0. The highest BCUT2D eigenvalue weighted by atomic mass is 16.6. The van der Waals surface area contributed by atoms with Crippen molar-refractivity contribution in [3.05, 3.63) is 30.5 Å². The van der Waals surface area contributed by atoms with Gasteiger partial charge >= 0.3 is 0 Å². The van der Waals surface area contributed by atoms with Crippen LogP contribution in [0.1, 0.15) is 10.4 Å². The van der Waals surface area contributed by atoms with E-state index in [-0.39, 0.29) is 0 Å². The molecule has 0 radical (unpaired) electrons. The molecule has 0 bridgehead atoms. The van der Waals surface area contributed by atoms with Gasteiger partial charge in [-0.25, -0.2) is 0 Å². The maximum Gasteiger partial charge on any atom is 0.203 e. The Kier molecular flexibility index (Phi) is 5.57. The van der Waals surface area contributed by atoms with Gasteiger partial charge in [-0.2, -0.15) is 0 Å². The fourth-order valence-corrected chi connectivity index (χ4v) is 1.39. The first-order chi connectivity index (χ1) is 8.76. The Labute approximate surface area is 106 Å². The van der Waals surface area contributed by atoms with E-state index >= 15 is 0 Å². The van der Waals surface area contributed by atoms with E-state index in [2.05, 4.69) is 6.58 Å². The van der Waals surface area contributed by atoms with E-state index in [0.29, 0.717) is 36.0 Å². The summed E-state index contributed by atoms with van der Waals surface area (Å²) in [6.07, 6.45) is 2.06. The highest BCUT2D eigenvalue weighted by Gasteiger charge is 2.13. The summed E-state index contributed by atoms with van der Waals surface area (Å²) < 4.78 is 20.8. The largest absolute Gasteiger partial charge is 0.498 e. The number of ether oxygens (including phenoxy) is 4. The molecule has 0 aromatic heterocycles. The first-order valence-electron chi connectivity index (χ1n) is 5.33. The van der Waals surface area contributed by atoms with E-state index in [4.69, 9.17) is 18.9 Å². The summed E-state index contributed by atoms with van der Waals surface area (Å²) in [4.78, 5) is 10.8. The third-order valence-electron chi connectivity index (χ3n) is 2.18. The van der Waals surface area contributed by atoms with Gasteiger partial charge in [-0.05, 0) is 12.1 Å². The van der Waals surface area contributed by atoms with Crippen LogP contribution in [0.15, 0.2) is 25.0 Å². The van der Waals surface area contributed by atoms with Gasteiger partial charge in [0.25, 0.3) is 0 Å². The van der Waals surface area contributed by atoms with Crippen molar-refractivity contribution in [2.45, 2.75) is 0 Å². The van der Waals surface area contributed by atoms with Crippen molar-refractivity contribution in [2.24, 2.45) is 0 Å². The summed E-state index contributed by atoms with van der Waals surface area (Å²) in [7, 11) is 2.99. The molecule has 0 saturated carbocycles. The van der Waals surface area contributed by atoms with Crippen molar-refractivity contribution in [2.75, 3.05) is 27.4 Å². The fraction of sp³-hybridized carbons (Fsp3) is 0.308. The number of hydrogen-bond donors (Lipinski definition) is 0. The predicted molar refractivity (Wildman–Crippen MR) is 66.6 cm³/mol. The number of hydrogen-bond acceptors (Lipinski definition) is 5. The van der Waals surface area contributed by atoms with E-state index in [1.807, 2.05) is 0 Å². The first-order valence-corrected chi connectivity index (χ1v) is 5.33. The molecule has 0 unspecified atom stereocenters. The molecule has 0 aliphatic carbocycles. The Morgan fingerprint density at radius 2 is 1.78 bits per heavy atom. The van der Waals surface area contributed by atoms with Crippen molar-refractivity contribution in [1.29, 1.82) is 0 Å². The lowest BCUT2D eigenvalue weighted by Crippen LogP contribution is -2.06. The van der Waals surface area contributed by atoms with Gasteiger partial charge in [-0.3, -0.25) is 4.79 Å². The SMILES string of the molecule is C=COCCOc1c(OC)cc(C=O)cc1OC. The van der Waals surface area contributed by atoms with Crippen molar-refractivity contribution in [3.8, 4) is 17.2 Å². The highest BCUT2D eigenvalue weighted by molar-refractivity contribution is 5.78. The van der Waals surface area contributed by atoms with Crippen LogP contribution >= 0.6 is 0 Å². The van der Waals surface area contributed by atoms with Crippen LogP contribution in [0.5, 0.6) is 17.2 Å². The average molecular weight is 252 g/mol. The van der Waals surface area contributed by atoms with E-state index in [1.54, 1.807) is 12.1 Å². The number of carbonyl (C=O) groups is 1. The average Bonchev–Trinajstić information content (AvgIpc) is 2.42. The van der Waals surface area contributed by atoms with Crippen molar-refractivity contribution in [3.63, 3.8) is 0 Å². The van der Waals surface area contributed by atoms with Gasteiger partial charge in [-0.1, -0.05) is 6.58 Å². The summed E-state index contributed by atoms with van der Waals surface area (Å²) in [5.74, 6) is 1.32. The topological polar surface area (TPSA) is 54.0 Å². The molecule has 1 aromatic carbocycles. The van der Waals surface area contributed by atoms with Crippen LogP contribution in [0.2, 0.25) is 0 Å². The first kappa shape index (κ1) is 13.9. The Morgan fingerprint density at radius 1 is 1.17 bits per heavy atom. The molecule has 0 atom stereocenters. The van der Waals surface area contributed by atoms with Crippen LogP contribution in [0.25, 0.3) is 0 Å². The third-order valence-corrected chi connectivity index (χ3v) is 2.18. The van der Waals surface area contributed by atoms with Crippen molar-refractivity contribution < 1.29 is 23.7 Å². The Morgan fingerprint density at radius 3 is 2.22 bits per heavy atom. The van der Waals surface area contributed by atoms with Crippen molar-refractivity contribution in [1.82, 2.24) is 0 Å². The van der Waals surface area contributed by atoms with Gasteiger partial charge in [0.05, 0.1) is 20.5 Å². The summed E-state index contributed by atoms with van der Waals surface area (Å²) >= 11 is 0.